The molecule has 7 nitrogen and oxygen atoms in total. The number of hydrogen-bond acceptors (Lipinski definition) is 7. The molecule has 100 valence electrons. The summed E-state index contributed by atoms with van der Waals surface area (Å²) < 4.78 is 53.6. The maximum atomic E-state index is 11.3. The zero-order chi connectivity index (χ0) is 13.4. The second-order valence-corrected chi connectivity index (χ2v) is 7.74. The first-order valence-corrected chi connectivity index (χ1v) is 8.38. The van der Waals surface area contributed by atoms with Crippen LogP contribution in [0.1, 0.15) is 0 Å². The molecule has 0 saturated carbocycles. The normalized spacial score (nSPS) is 31.3. The molecule has 0 amide bonds. The van der Waals surface area contributed by atoms with E-state index in [4.69, 9.17) is 9.47 Å². The van der Waals surface area contributed by atoms with E-state index in [9.17, 15) is 21.6 Å². The zero-order valence-electron chi connectivity index (χ0n) is 9.05. The SMILES string of the molecule is O=C(OC1C=CS(=O)(=O)C1)OC1C=CS(=O)(=O)C1. The van der Waals surface area contributed by atoms with Gasteiger partial charge in [-0.1, -0.05) is 0 Å². The van der Waals surface area contributed by atoms with Crippen LogP contribution in [-0.4, -0.2) is 46.7 Å². The summed E-state index contributed by atoms with van der Waals surface area (Å²) in [7, 11) is -6.62. The molecule has 0 aromatic carbocycles. The van der Waals surface area contributed by atoms with Crippen LogP contribution in [-0.2, 0) is 29.1 Å². The van der Waals surface area contributed by atoms with E-state index in [2.05, 4.69) is 0 Å². The van der Waals surface area contributed by atoms with E-state index in [0.717, 1.165) is 10.8 Å². The van der Waals surface area contributed by atoms with E-state index in [1.54, 1.807) is 0 Å². The molecule has 0 radical (unpaired) electrons. The van der Waals surface area contributed by atoms with Crippen LogP contribution in [0.2, 0.25) is 0 Å². The predicted octanol–water partition coefficient (Wildman–Crippen LogP) is -0.239. The third-order valence-corrected chi connectivity index (χ3v) is 5.02. The zero-order valence-corrected chi connectivity index (χ0v) is 10.7. The molecule has 0 aliphatic carbocycles. The largest absolute Gasteiger partial charge is 0.509 e. The molecule has 0 aromatic rings. The molecule has 2 aliphatic rings. The lowest BCUT2D eigenvalue weighted by atomic mass is 10.4. The average molecular weight is 294 g/mol. The molecule has 9 heteroatoms. The van der Waals surface area contributed by atoms with Crippen molar-refractivity contribution < 1.29 is 31.1 Å². The minimum Gasteiger partial charge on any atom is -0.426 e. The fraction of sp³-hybridized carbons (Fsp3) is 0.444. The molecule has 2 atom stereocenters. The average Bonchev–Trinajstić information content (AvgIpc) is 2.69. The van der Waals surface area contributed by atoms with Crippen molar-refractivity contribution in [3.63, 3.8) is 0 Å². The van der Waals surface area contributed by atoms with Gasteiger partial charge in [0.05, 0.1) is 11.5 Å². The Balaban J connectivity index is 1.84. The lowest BCUT2D eigenvalue weighted by molar-refractivity contribution is 0.0322. The molecular formula is C9H10O7S2. The summed E-state index contributed by atoms with van der Waals surface area (Å²) in [5.41, 5.74) is 0. The van der Waals surface area contributed by atoms with Gasteiger partial charge >= 0.3 is 6.16 Å². The van der Waals surface area contributed by atoms with E-state index in [0.29, 0.717) is 0 Å². The van der Waals surface area contributed by atoms with E-state index in [1.807, 2.05) is 0 Å². The van der Waals surface area contributed by atoms with Crippen LogP contribution >= 0.6 is 0 Å². The van der Waals surface area contributed by atoms with Crippen LogP contribution in [0.25, 0.3) is 0 Å². The van der Waals surface area contributed by atoms with Crippen molar-refractivity contribution >= 4 is 25.8 Å². The van der Waals surface area contributed by atoms with Gasteiger partial charge in [0.1, 0.15) is 12.2 Å². The van der Waals surface area contributed by atoms with Crippen molar-refractivity contribution in [2.45, 2.75) is 12.2 Å². The van der Waals surface area contributed by atoms with Gasteiger partial charge in [0.25, 0.3) is 0 Å². The van der Waals surface area contributed by atoms with Gasteiger partial charge in [-0.25, -0.2) is 21.6 Å². The van der Waals surface area contributed by atoms with Crippen molar-refractivity contribution in [1.82, 2.24) is 0 Å². The standard InChI is InChI=1S/C9H10O7S2/c10-9(15-7-1-3-17(11,12)5-7)16-8-2-4-18(13,14)6-8/h1-4,7-8H,5-6H2. The smallest absolute Gasteiger partial charge is 0.426 e. The minimum absolute atomic E-state index is 0.319. The van der Waals surface area contributed by atoms with Gasteiger partial charge in [-0.05, 0) is 12.2 Å². The van der Waals surface area contributed by atoms with Gasteiger partial charge in [-0.3, -0.25) is 0 Å². The van der Waals surface area contributed by atoms with Gasteiger partial charge in [-0.2, -0.15) is 0 Å². The minimum atomic E-state index is -3.31. The number of carbonyl (C=O) groups is 1. The lowest BCUT2D eigenvalue weighted by Crippen LogP contribution is -2.25. The number of hydrogen-bond donors (Lipinski definition) is 0. The summed E-state index contributed by atoms with van der Waals surface area (Å²) >= 11 is 0. The molecule has 2 unspecified atom stereocenters. The molecule has 0 bridgehead atoms. The maximum absolute atomic E-state index is 11.3. The quantitative estimate of drug-likeness (QED) is 0.647. The highest BCUT2D eigenvalue weighted by molar-refractivity contribution is 7.94. The summed E-state index contributed by atoms with van der Waals surface area (Å²) in [6.07, 6.45) is -0.391. The first kappa shape index (κ1) is 13.1. The van der Waals surface area contributed by atoms with Crippen LogP contribution in [0.3, 0.4) is 0 Å². The van der Waals surface area contributed by atoms with Crippen molar-refractivity contribution in [2.24, 2.45) is 0 Å². The van der Waals surface area contributed by atoms with Gasteiger partial charge in [0.2, 0.25) is 0 Å². The number of carbonyl (C=O) groups excluding carboxylic acids is 1. The second-order valence-electron chi connectivity index (χ2n) is 3.88. The van der Waals surface area contributed by atoms with Gasteiger partial charge < -0.3 is 9.47 Å². The Morgan fingerprint density at radius 2 is 1.28 bits per heavy atom. The predicted molar refractivity (Wildman–Crippen MR) is 61.0 cm³/mol. The van der Waals surface area contributed by atoms with Crippen LogP contribution < -0.4 is 0 Å². The molecule has 2 aliphatic heterocycles. The highest BCUT2D eigenvalue weighted by Gasteiger charge is 2.29. The molecule has 18 heavy (non-hydrogen) atoms. The third-order valence-electron chi connectivity index (χ3n) is 2.29. The van der Waals surface area contributed by atoms with E-state index < -0.39 is 38.0 Å². The topological polar surface area (TPSA) is 104 Å². The van der Waals surface area contributed by atoms with Crippen LogP contribution in [0.15, 0.2) is 23.0 Å². The first-order valence-electron chi connectivity index (χ1n) is 4.95. The number of ether oxygens (including phenoxy) is 2. The first-order chi connectivity index (χ1) is 8.26. The van der Waals surface area contributed by atoms with Gasteiger partial charge in [-0.15, -0.1) is 0 Å². The van der Waals surface area contributed by atoms with Crippen LogP contribution in [0.4, 0.5) is 4.79 Å². The highest BCUT2D eigenvalue weighted by Crippen LogP contribution is 2.15. The van der Waals surface area contributed by atoms with Crippen molar-refractivity contribution in [3.05, 3.63) is 23.0 Å². The van der Waals surface area contributed by atoms with Gasteiger partial charge in [0, 0.05) is 10.8 Å². The highest BCUT2D eigenvalue weighted by atomic mass is 32.2. The van der Waals surface area contributed by atoms with Crippen LogP contribution in [0.5, 0.6) is 0 Å². The van der Waals surface area contributed by atoms with E-state index in [-0.39, 0.29) is 11.5 Å². The van der Waals surface area contributed by atoms with Crippen molar-refractivity contribution in [2.75, 3.05) is 11.5 Å². The Morgan fingerprint density at radius 1 is 0.889 bits per heavy atom. The number of sulfone groups is 2. The second kappa shape index (κ2) is 4.39. The monoisotopic (exact) mass is 294 g/mol. The lowest BCUT2D eigenvalue weighted by Gasteiger charge is -2.12. The van der Waals surface area contributed by atoms with Crippen molar-refractivity contribution in [3.8, 4) is 0 Å². The Bertz CT molecular complexity index is 557. The fourth-order valence-electron chi connectivity index (χ4n) is 1.52. The van der Waals surface area contributed by atoms with E-state index in [1.165, 1.54) is 12.2 Å². The summed E-state index contributed by atoms with van der Waals surface area (Å²) in [6, 6.07) is 0. The number of rotatable bonds is 2. The Hall–Kier alpha value is -1.35. The Morgan fingerprint density at radius 3 is 1.56 bits per heavy atom. The van der Waals surface area contributed by atoms with Gasteiger partial charge in [0.15, 0.2) is 19.7 Å². The Labute approximate surface area is 104 Å². The summed E-state index contributed by atoms with van der Waals surface area (Å²) in [5, 5.41) is 1.93. The summed E-state index contributed by atoms with van der Waals surface area (Å²) in [6.45, 7) is 0. The molecular weight excluding hydrogens is 284 g/mol. The van der Waals surface area contributed by atoms with Crippen LogP contribution in [0, 0.1) is 0 Å². The summed E-state index contributed by atoms with van der Waals surface area (Å²) in [4.78, 5) is 11.3. The Kier molecular flexibility index (Phi) is 3.20. The third kappa shape index (κ3) is 3.33. The molecule has 0 aromatic heterocycles. The molecule has 2 heterocycles. The molecule has 0 saturated heterocycles. The molecule has 0 fully saturated rings. The molecule has 0 spiro atoms. The molecule has 2 rings (SSSR count). The van der Waals surface area contributed by atoms with Crippen molar-refractivity contribution in [1.29, 1.82) is 0 Å². The summed E-state index contributed by atoms with van der Waals surface area (Å²) in [5.74, 6) is -0.637. The van der Waals surface area contributed by atoms with E-state index >= 15 is 0 Å². The molecule has 0 N–H and O–H groups in total. The fourth-order valence-corrected chi connectivity index (χ4v) is 3.84. The maximum Gasteiger partial charge on any atom is 0.509 e.